The quantitative estimate of drug-likeness (QED) is 0.772. The van der Waals surface area contributed by atoms with Crippen LogP contribution in [-0.4, -0.2) is 20.2 Å². The minimum atomic E-state index is 0.687. The molecule has 0 aliphatic heterocycles. The number of halogens is 1. The van der Waals surface area contributed by atoms with Gasteiger partial charge in [0, 0.05) is 27.7 Å². The maximum atomic E-state index is 4.33. The van der Waals surface area contributed by atoms with Crippen LogP contribution in [0.25, 0.3) is 10.9 Å². The first-order chi connectivity index (χ1) is 9.66. The van der Waals surface area contributed by atoms with Crippen LogP contribution in [0.3, 0.4) is 0 Å². The van der Waals surface area contributed by atoms with Crippen LogP contribution in [0, 0.1) is 13.8 Å². The summed E-state index contributed by atoms with van der Waals surface area (Å²) in [6.07, 6.45) is 1.57. The van der Waals surface area contributed by atoms with Crippen LogP contribution in [-0.2, 0) is 6.54 Å². The zero-order valence-electron chi connectivity index (χ0n) is 11.2. The third kappa shape index (κ3) is 2.27. The fourth-order valence-electron chi connectivity index (χ4n) is 2.20. The predicted octanol–water partition coefficient (Wildman–Crippen LogP) is 3.34. The van der Waals surface area contributed by atoms with E-state index in [4.69, 9.17) is 0 Å². The molecule has 0 atom stereocenters. The van der Waals surface area contributed by atoms with E-state index in [0.717, 1.165) is 32.6 Å². The molecular weight excluding hydrogens is 318 g/mol. The van der Waals surface area contributed by atoms with E-state index in [-0.39, 0.29) is 0 Å². The molecule has 0 radical (unpaired) electrons. The molecule has 3 aromatic rings. The number of para-hydroxylation sites is 1. The van der Waals surface area contributed by atoms with E-state index in [1.807, 2.05) is 32.0 Å². The Morgan fingerprint density at radius 2 is 2.10 bits per heavy atom. The number of H-pyrrole nitrogens is 1. The van der Waals surface area contributed by atoms with Crippen LogP contribution in [0.4, 0.5) is 5.82 Å². The lowest BCUT2D eigenvalue weighted by Gasteiger charge is -2.09. The molecule has 1 aromatic carbocycles. The van der Waals surface area contributed by atoms with Crippen molar-refractivity contribution in [2.24, 2.45) is 0 Å². The van der Waals surface area contributed by atoms with Crippen molar-refractivity contribution in [2.75, 3.05) is 5.32 Å². The van der Waals surface area contributed by atoms with Crippen molar-refractivity contribution in [1.82, 2.24) is 20.2 Å². The van der Waals surface area contributed by atoms with Gasteiger partial charge >= 0.3 is 0 Å². The minimum Gasteiger partial charge on any atom is -0.365 e. The third-order valence-corrected chi connectivity index (χ3v) is 3.97. The molecule has 2 N–H and O–H groups in total. The first-order valence-electron chi connectivity index (χ1n) is 6.30. The number of aromatic nitrogens is 4. The Bertz CT molecular complexity index is 746. The molecule has 0 spiro atoms. The molecule has 2 heterocycles. The topological polar surface area (TPSA) is 66.5 Å². The van der Waals surface area contributed by atoms with Crippen molar-refractivity contribution in [1.29, 1.82) is 0 Å². The molecule has 0 unspecified atom stereocenters. The van der Waals surface area contributed by atoms with Crippen molar-refractivity contribution in [3.8, 4) is 0 Å². The van der Waals surface area contributed by atoms with Crippen molar-refractivity contribution in [3.63, 3.8) is 0 Å². The second-order valence-corrected chi connectivity index (χ2v) is 5.48. The number of hydrogen-bond acceptors (Lipinski definition) is 4. The van der Waals surface area contributed by atoms with Gasteiger partial charge in [0.25, 0.3) is 0 Å². The van der Waals surface area contributed by atoms with E-state index in [2.05, 4.69) is 41.4 Å². The molecule has 0 aliphatic carbocycles. The van der Waals surface area contributed by atoms with Gasteiger partial charge in [-0.1, -0.05) is 6.07 Å². The lowest BCUT2D eigenvalue weighted by atomic mass is 10.2. The number of nitrogens with one attached hydrogen (secondary N) is 2. The van der Waals surface area contributed by atoms with E-state index in [1.165, 1.54) is 5.56 Å². The molecule has 0 saturated carbocycles. The summed E-state index contributed by atoms with van der Waals surface area (Å²) in [7, 11) is 0. The Kier molecular flexibility index (Phi) is 3.40. The van der Waals surface area contributed by atoms with E-state index in [0.29, 0.717) is 6.54 Å². The zero-order valence-corrected chi connectivity index (χ0v) is 12.8. The number of anilines is 1. The van der Waals surface area contributed by atoms with Crippen molar-refractivity contribution < 1.29 is 0 Å². The summed E-state index contributed by atoms with van der Waals surface area (Å²) < 4.78 is 0.969. The fraction of sp³-hybridized carbons (Fsp3) is 0.214. The normalized spacial score (nSPS) is 10.9. The third-order valence-electron chi connectivity index (χ3n) is 3.33. The summed E-state index contributed by atoms with van der Waals surface area (Å²) in [5, 5.41) is 11.6. The second-order valence-electron chi connectivity index (χ2n) is 4.62. The van der Waals surface area contributed by atoms with Gasteiger partial charge in [-0.3, -0.25) is 5.10 Å². The van der Waals surface area contributed by atoms with E-state index in [9.17, 15) is 0 Å². The summed E-state index contributed by atoms with van der Waals surface area (Å²) in [6.45, 7) is 4.70. The van der Waals surface area contributed by atoms with Crippen molar-refractivity contribution in [2.45, 2.75) is 20.4 Å². The molecule has 3 rings (SSSR count). The molecule has 102 valence electrons. The Morgan fingerprint density at radius 1 is 1.25 bits per heavy atom. The summed E-state index contributed by atoms with van der Waals surface area (Å²) in [6, 6.07) is 5.97. The standard InChI is InChI=1S/C14H14BrN5/c1-8-11(9(2)20-19-8)6-16-14-10-4-3-5-12(15)13(10)17-7-18-14/h3-5,7H,6H2,1-2H3,(H,19,20)(H,16,17,18). The summed E-state index contributed by atoms with van der Waals surface area (Å²) in [5.74, 6) is 0.830. The first kappa shape index (κ1) is 13.1. The Balaban J connectivity index is 1.94. The molecule has 0 fully saturated rings. The molecule has 0 amide bonds. The van der Waals surface area contributed by atoms with E-state index >= 15 is 0 Å². The molecule has 0 aliphatic rings. The molecule has 2 aromatic heterocycles. The monoisotopic (exact) mass is 331 g/mol. The van der Waals surface area contributed by atoms with Crippen molar-refractivity contribution >= 4 is 32.7 Å². The highest BCUT2D eigenvalue weighted by Crippen LogP contribution is 2.26. The maximum absolute atomic E-state index is 4.33. The zero-order chi connectivity index (χ0) is 14.1. The van der Waals surface area contributed by atoms with Crippen molar-refractivity contribution in [3.05, 3.63) is 46.0 Å². The summed E-state index contributed by atoms with van der Waals surface area (Å²) in [4.78, 5) is 8.64. The van der Waals surface area contributed by atoms with Crippen LogP contribution < -0.4 is 5.32 Å². The average molecular weight is 332 g/mol. The van der Waals surface area contributed by atoms with Gasteiger partial charge in [0.15, 0.2) is 0 Å². The van der Waals surface area contributed by atoms with Crippen LogP contribution in [0.1, 0.15) is 17.0 Å². The smallest absolute Gasteiger partial charge is 0.137 e. The Hall–Kier alpha value is -1.95. The number of nitrogens with zero attached hydrogens (tertiary/aromatic N) is 3. The number of hydrogen-bond donors (Lipinski definition) is 2. The number of aryl methyl sites for hydroxylation is 2. The Labute approximate surface area is 125 Å². The van der Waals surface area contributed by atoms with Gasteiger partial charge in [-0.05, 0) is 41.9 Å². The molecular formula is C14H14BrN5. The highest BCUT2D eigenvalue weighted by atomic mass is 79.9. The van der Waals surface area contributed by atoms with Gasteiger partial charge < -0.3 is 5.32 Å². The first-order valence-corrected chi connectivity index (χ1v) is 7.09. The highest BCUT2D eigenvalue weighted by molar-refractivity contribution is 9.10. The van der Waals surface area contributed by atoms with Gasteiger partial charge in [0.1, 0.15) is 12.1 Å². The van der Waals surface area contributed by atoms with Crippen LogP contribution in [0.2, 0.25) is 0 Å². The van der Waals surface area contributed by atoms with Gasteiger partial charge in [0.05, 0.1) is 11.2 Å². The predicted molar refractivity (Wildman–Crippen MR) is 82.6 cm³/mol. The SMILES string of the molecule is Cc1n[nH]c(C)c1CNc1ncnc2c(Br)cccc12. The molecule has 0 bridgehead atoms. The number of fused-ring (bicyclic) bond motifs is 1. The molecule has 6 heteroatoms. The highest BCUT2D eigenvalue weighted by Gasteiger charge is 2.09. The van der Waals surface area contributed by atoms with Crippen LogP contribution in [0.5, 0.6) is 0 Å². The van der Waals surface area contributed by atoms with Gasteiger partial charge in [-0.15, -0.1) is 0 Å². The largest absolute Gasteiger partial charge is 0.365 e. The fourth-order valence-corrected chi connectivity index (χ4v) is 2.67. The minimum absolute atomic E-state index is 0.687. The number of benzene rings is 1. The summed E-state index contributed by atoms with van der Waals surface area (Å²) >= 11 is 3.51. The number of aromatic amines is 1. The van der Waals surface area contributed by atoms with Crippen LogP contribution in [0.15, 0.2) is 29.0 Å². The van der Waals surface area contributed by atoms with Crippen LogP contribution >= 0.6 is 15.9 Å². The lowest BCUT2D eigenvalue weighted by Crippen LogP contribution is -2.04. The van der Waals surface area contributed by atoms with Gasteiger partial charge in [0.2, 0.25) is 0 Å². The molecule has 20 heavy (non-hydrogen) atoms. The maximum Gasteiger partial charge on any atom is 0.137 e. The van der Waals surface area contributed by atoms with Gasteiger partial charge in [-0.2, -0.15) is 5.10 Å². The second kappa shape index (κ2) is 5.20. The van der Waals surface area contributed by atoms with E-state index in [1.54, 1.807) is 6.33 Å². The summed E-state index contributed by atoms with van der Waals surface area (Å²) in [5.41, 5.74) is 4.17. The lowest BCUT2D eigenvalue weighted by molar-refractivity contribution is 1.02. The number of rotatable bonds is 3. The van der Waals surface area contributed by atoms with Gasteiger partial charge in [-0.25, -0.2) is 9.97 Å². The Morgan fingerprint density at radius 3 is 2.85 bits per heavy atom. The molecule has 0 saturated heterocycles. The van der Waals surface area contributed by atoms with E-state index < -0.39 is 0 Å². The average Bonchev–Trinajstić information content (AvgIpc) is 2.76. The molecule has 5 nitrogen and oxygen atoms in total.